The minimum Gasteiger partial charge on any atom is -0.416 e. The van der Waals surface area contributed by atoms with Gasteiger partial charge in [-0.05, 0) is 37.9 Å². The molecule has 2 aliphatic rings. The molecule has 0 aromatic heterocycles. The minimum absolute atomic E-state index is 0.0250. The molecule has 21 heavy (non-hydrogen) atoms. The topological polar surface area (TPSA) is 38.8 Å². The van der Waals surface area contributed by atoms with Crippen molar-refractivity contribution < 1.29 is 14.0 Å². The predicted octanol–water partition coefficient (Wildman–Crippen LogP) is 3.38. The zero-order chi connectivity index (χ0) is 15.8. The third-order valence-electron chi connectivity index (χ3n) is 5.48. The fourth-order valence-corrected chi connectivity index (χ4v) is 4.21. The Morgan fingerprint density at radius 2 is 2.00 bits per heavy atom. The largest absolute Gasteiger partial charge is 0.416 e. The van der Waals surface area contributed by atoms with Crippen molar-refractivity contribution in [3.05, 3.63) is 0 Å². The lowest BCUT2D eigenvalue weighted by atomic mass is 9.99. The van der Waals surface area contributed by atoms with Gasteiger partial charge in [0.25, 0.3) is 0 Å². The minimum atomic E-state index is -1.72. The second-order valence-electron chi connectivity index (χ2n) is 7.88. The maximum Gasteiger partial charge on any atom is 0.224 e. The van der Waals surface area contributed by atoms with Gasteiger partial charge in [-0.2, -0.15) is 0 Å². The number of hydrogen-bond donors (Lipinski definition) is 0. The van der Waals surface area contributed by atoms with Gasteiger partial charge in [-0.25, -0.2) is 0 Å². The summed E-state index contributed by atoms with van der Waals surface area (Å²) >= 11 is 0. The molecule has 0 spiro atoms. The molecule has 0 bridgehead atoms. The van der Waals surface area contributed by atoms with E-state index in [0.29, 0.717) is 25.0 Å². The number of carbonyl (C=O) groups excluding carboxylic acids is 1. The summed E-state index contributed by atoms with van der Waals surface area (Å²) < 4.78 is 12.2. The molecule has 122 valence electrons. The Labute approximate surface area is 130 Å². The first kappa shape index (κ1) is 17.0. The molecule has 0 aromatic carbocycles. The van der Waals surface area contributed by atoms with Crippen molar-refractivity contribution in [2.45, 2.75) is 77.4 Å². The van der Waals surface area contributed by atoms with Crippen LogP contribution in [0.5, 0.6) is 0 Å². The molecule has 0 saturated carbocycles. The van der Waals surface area contributed by atoms with E-state index in [-0.39, 0.29) is 17.2 Å². The Balaban J connectivity index is 2.00. The first-order valence-corrected chi connectivity index (χ1v) is 11.1. The van der Waals surface area contributed by atoms with Crippen LogP contribution in [0.15, 0.2) is 0 Å². The van der Waals surface area contributed by atoms with Gasteiger partial charge < -0.3 is 14.1 Å². The van der Waals surface area contributed by atoms with E-state index in [2.05, 4.69) is 33.9 Å². The highest BCUT2D eigenvalue weighted by molar-refractivity contribution is 6.74. The molecule has 0 radical (unpaired) electrons. The normalized spacial score (nSPS) is 30.1. The van der Waals surface area contributed by atoms with E-state index in [4.69, 9.17) is 9.16 Å². The molecule has 2 fully saturated rings. The molecule has 0 aromatic rings. The van der Waals surface area contributed by atoms with Crippen molar-refractivity contribution in [2.24, 2.45) is 5.92 Å². The SMILES string of the molecule is CCO[C@H]1C[C@H](CO[Si](C)(C)C(C)(C)C)[C@@H]2CCC(=O)N12. The highest BCUT2D eigenvalue weighted by Crippen LogP contribution is 2.41. The number of fused-ring (bicyclic) bond motifs is 1. The first-order valence-electron chi connectivity index (χ1n) is 8.24. The molecule has 2 saturated heterocycles. The molecule has 2 heterocycles. The average molecular weight is 314 g/mol. The molecule has 5 heteroatoms. The molecule has 0 N–H and O–H groups in total. The van der Waals surface area contributed by atoms with Gasteiger partial charge in [0.15, 0.2) is 8.32 Å². The third-order valence-corrected chi connectivity index (χ3v) is 9.98. The van der Waals surface area contributed by atoms with Crippen molar-refractivity contribution in [1.82, 2.24) is 4.90 Å². The zero-order valence-corrected chi connectivity index (χ0v) is 15.4. The number of ether oxygens (including phenoxy) is 1. The summed E-state index contributed by atoms with van der Waals surface area (Å²) in [5.41, 5.74) is 0. The van der Waals surface area contributed by atoms with E-state index >= 15 is 0 Å². The van der Waals surface area contributed by atoms with Crippen LogP contribution in [0.2, 0.25) is 18.1 Å². The van der Waals surface area contributed by atoms with E-state index < -0.39 is 8.32 Å². The summed E-state index contributed by atoms with van der Waals surface area (Å²) in [6.45, 7) is 14.8. The molecule has 0 unspecified atom stereocenters. The Kier molecular flexibility index (Phi) is 4.86. The van der Waals surface area contributed by atoms with E-state index in [1.54, 1.807) is 0 Å². The van der Waals surface area contributed by atoms with Gasteiger partial charge in [-0.15, -0.1) is 0 Å². The van der Waals surface area contributed by atoms with Crippen LogP contribution < -0.4 is 0 Å². The smallest absolute Gasteiger partial charge is 0.224 e. The summed E-state index contributed by atoms with van der Waals surface area (Å²) in [6, 6.07) is 0.332. The fraction of sp³-hybridized carbons (Fsp3) is 0.938. The van der Waals surface area contributed by atoms with Crippen LogP contribution in [0.1, 0.15) is 47.0 Å². The Morgan fingerprint density at radius 1 is 1.33 bits per heavy atom. The first-order chi connectivity index (χ1) is 9.67. The summed E-state index contributed by atoms with van der Waals surface area (Å²) in [5, 5.41) is 0.232. The van der Waals surface area contributed by atoms with Crippen LogP contribution in [0.3, 0.4) is 0 Å². The zero-order valence-electron chi connectivity index (χ0n) is 14.4. The highest BCUT2D eigenvalue weighted by atomic mass is 28.4. The predicted molar refractivity (Wildman–Crippen MR) is 86.5 cm³/mol. The van der Waals surface area contributed by atoms with E-state index in [0.717, 1.165) is 19.4 Å². The number of amides is 1. The summed E-state index contributed by atoms with van der Waals surface area (Å²) in [5.74, 6) is 0.690. The van der Waals surface area contributed by atoms with Gasteiger partial charge in [-0.1, -0.05) is 20.8 Å². The van der Waals surface area contributed by atoms with Crippen molar-refractivity contribution in [2.75, 3.05) is 13.2 Å². The second-order valence-corrected chi connectivity index (χ2v) is 12.7. The number of hydrogen-bond acceptors (Lipinski definition) is 3. The summed E-state index contributed by atoms with van der Waals surface area (Å²) in [7, 11) is -1.72. The van der Waals surface area contributed by atoms with Crippen LogP contribution in [0, 0.1) is 5.92 Å². The van der Waals surface area contributed by atoms with Crippen LogP contribution in [-0.4, -0.2) is 44.6 Å². The molecule has 3 atom stereocenters. The fourth-order valence-electron chi connectivity index (χ4n) is 3.14. The van der Waals surface area contributed by atoms with Gasteiger partial charge in [0, 0.05) is 31.6 Å². The molecule has 2 rings (SSSR count). The van der Waals surface area contributed by atoms with Gasteiger partial charge in [0.1, 0.15) is 6.23 Å². The van der Waals surface area contributed by atoms with Crippen LogP contribution in [0.4, 0.5) is 0 Å². The summed E-state index contributed by atoms with van der Waals surface area (Å²) in [4.78, 5) is 14.1. The Hall–Kier alpha value is -0.393. The maximum atomic E-state index is 12.1. The highest BCUT2D eigenvalue weighted by Gasteiger charge is 2.48. The Morgan fingerprint density at radius 3 is 2.57 bits per heavy atom. The lowest BCUT2D eigenvalue weighted by molar-refractivity contribution is -0.139. The maximum absolute atomic E-state index is 12.1. The van der Waals surface area contributed by atoms with Gasteiger partial charge in [0.05, 0.1) is 0 Å². The standard InChI is InChI=1S/C16H31NO3Si/c1-7-19-15-10-12(13-8-9-14(18)17(13)15)11-20-21(5,6)16(2,3)4/h12-13,15H,7-11H2,1-6H3/t12-,13+,15+/m1/s1. The van der Waals surface area contributed by atoms with Crippen LogP contribution in [0.25, 0.3) is 0 Å². The quantitative estimate of drug-likeness (QED) is 0.730. The van der Waals surface area contributed by atoms with Crippen molar-refractivity contribution in [3.63, 3.8) is 0 Å². The van der Waals surface area contributed by atoms with E-state index in [9.17, 15) is 4.79 Å². The monoisotopic (exact) mass is 313 g/mol. The van der Waals surface area contributed by atoms with Crippen molar-refractivity contribution >= 4 is 14.2 Å². The van der Waals surface area contributed by atoms with Crippen LogP contribution >= 0.6 is 0 Å². The second kappa shape index (κ2) is 6.01. The number of carbonyl (C=O) groups is 1. The molecule has 1 amide bonds. The molecular weight excluding hydrogens is 282 g/mol. The molecular formula is C16H31NO3Si. The van der Waals surface area contributed by atoms with Crippen molar-refractivity contribution in [1.29, 1.82) is 0 Å². The lowest BCUT2D eigenvalue weighted by Crippen LogP contribution is -2.43. The summed E-state index contributed by atoms with van der Waals surface area (Å²) in [6.07, 6.45) is 2.54. The third kappa shape index (κ3) is 3.35. The Bertz CT molecular complexity index is 391. The number of nitrogens with zero attached hydrogens (tertiary/aromatic N) is 1. The lowest BCUT2D eigenvalue weighted by Gasteiger charge is -2.37. The molecule has 4 nitrogen and oxygen atoms in total. The van der Waals surface area contributed by atoms with Gasteiger partial charge >= 0.3 is 0 Å². The van der Waals surface area contributed by atoms with E-state index in [1.807, 2.05) is 11.8 Å². The van der Waals surface area contributed by atoms with Gasteiger partial charge in [0.2, 0.25) is 5.91 Å². The van der Waals surface area contributed by atoms with Gasteiger partial charge in [-0.3, -0.25) is 4.79 Å². The average Bonchev–Trinajstić information content (AvgIpc) is 2.89. The van der Waals surface area contributed by atoms with E-state index in [1.165, 1.54) is 0 Å². The van der Waals surface area contributed by atoms with Crippen molar-refractivity contribution in [3.8, 4) is 0 Å². The molecule has 2 aliphatic heterocycles. The number of rotatable bonds is 5. The molecule has 0 aliphatic carbocycles. The van der Waals surface area contributed by atoms with Crippen LogP contribution in [-0.2, 0) is 14.0 Å².